The first-order valence-electron chi connectivity index (χ1n) is 7.12. The molecule has 0 fully saturated rings. The topological polar surface area (TPSA) is 71.8 Å². The molecule has 1 amide bonds. The number of aromatic amines is 1. The fraction of sp³-hybridized carbons (Fsp3) is 0. The van der Waals surface area contributed by atoms with Gasteiger partial charge in [0, 0.05) is 34.5 Å². The molecule has 0 aliphatic rings. The third-order valence-electron chi connectivity index (χ3n) is 3.84. The van der Waals surface area contributed by atoms with E-state index in [0.717, 1.165) is 27.7 Å². The zero-order chi connectivity index (χ0) is 15.8. The molecule has 0 atom stereocenters. The summed E-state index contributed by atoms with van der Waals surface area (Å²) in [6, 6.07) is 11.5. The van der Waals surface area contributed by atoms with Crippen molar-refractivity contribution in [2.45, 2.75) is 0 Å². The molecule has 1 aromatic carbocycles. The summed E-state index contributed by atoms with van der Waals surface area (Å²) in [6.07, 6.45) is 3.78. The maximum absolute atomic E-state index is 11.4. The van der Waals surface area contributed by atoms with E-state index in [1.807, 2.05) is 18.3 Å². The molecule has 5 heteroatoms. The SMILES string of the molecule is NC(=O)c1cccc(-c2cnc3[nH]cc(-c4ccsc4)c3c2)c1. The van der Waals surface area contributed by atoms with E-state index in [2.05, 4.69) is 32.9 Å². The Kier molecular flexibility index (Phi) is 3.20. The lowest BCUT2D eigenvalue weighted by Crippen LogP contribution is -2.10. The Morgan fingerprint density at radius 3 is 2.83 bits per heavy atom. The molecule has 0 saturated heterocycles. The highest BCUT2D eigenvalue weighted by Gasteiger charge is 2.10. The van der Waals surface area contributed by atoms with Crippen molar-refractivity contribution in [3.8, 4) is 22.3 Å². The molecule has 0 aliphatic carbocycles. The lowest BCUT2D eigenvalue weighted by molar-refractivity contribution is 0.100. The van der Waals surface area contributed by atoms with Crippen LogP contribution in [0.5, 0.6) is 0 Å². The van der Waals surface area contributed by atoms with Crippen LogP contribution in [0.15, 0.2) is 59.6 Å². The van der Waals surface area contributed by atoms with Crippen LogP contribution in [0.2, 0.25) is 0 Å². The van der Waals surface area contributed by atoms with Crippen molar-refractivity contribution in [3.63, 3.8) is 0 Å². The highest BCUT2D eigenvalue weighted by molar-refractivity contribution is 7.08. The second-order valence-electron chi connectivity index (χ2n) is 5.28. The molecule has 112 valence electrons. The van der Waals surface area contributed by atoms with Gasteiger partial charge in [-0.25, -0.2) is 4.98 Å². The van der Waals surface area contributed by atoms with Crippen molar-refractivity contribution in [1.82, 2.24) is 9.97 Å². The molecule has 0 spiro atoms. The summed E-state index contributed by atoms with van der Waals surface area (Å²) in [4.78, 5) is 19.1. The largest absolute Gasteiger partial charge is 0.366 e. The quantitative estimate of drug-likeness (QED) is 0.598. The summed E-state index contributed by atoms with van der Waals surface area (Å²) in [7, 11) is 0. The summed E-state index contributed by atoms with van der Waals surface area (Å²) in [5.74, 6) is -0.429. The first-order chi connectivity index (χ1) is 11.2. The molecule has 4 nitrogen and oxygen atoms in total. The number of aromatic nitrogens is 2. The molecule has 3 aromatic heterocycles. The molecule has 0 bridgehead atoms. The maximum atomic E-state index is 11.4. The number of benzene rings is 1. The average Bonchev–Trinajstić information content (AvgIpc) is 3.23. The van der Waals surface area contributed by atoms with Crippen molar-refractivity contribution < 1.29 is 4.79 Å². The second-order valence-corrected chi connectivity index (χ2v) is 6.06. The number of pyridine rings is 1. The van der Waals surface area contributed by atoms with Gasteiger partial charge in [-0.1, -0.05) is 12.1 Å². The van der Waals surface area contributed by atoms with Crippen LogP contribution in [0.25, 0.3) is 33.3 Å². The van der Waals surface area contributed by atoms with E-state index in [9.17, 15) is 4.79 Å². The van der Waals surface area contributed by atoms with Gasteiger partial charge in [0.2, 0.25) is 5.91 Å². The molecule has 0 aliphatic heterocycles. The summed E-state index contributed by atoms with van der Waals surface area (Å²) < 4.78 is 0. The average molecular weight is 319 g/mol. The Labute approximate surface area is 136 Å². The van der Waals surface area contributed by atoms with E-state index in [-0.39, 0.29) is 0 Å². The molecule has 4 rings (SSSR count). The van der Waals surface area contributed by atoms with Gasteiger partial charge in [-0.3, -0.25) is 4.79 Å². The van der Waals surface area contributed by atoms with Crippen LogP contribution in [0.3, 0.4) is 0 Å². The number of carbonyl (C=O) groups is 1. The molecule has 0 radical (unpaired) electrons. The van der Waals surface area contributed by atoms with Gasteiger partial charge in [0.15, 0.2) is 0 Å². The molecular formula is C18H13N3OS. The number of H-pyrrole nitrogens is 1. The zero-order valence-corrected chi connectivity index (χ0v) is 12.9. The number of hydrogen-bond acceptors (Lipinski definition) is 3. The van der Waals surface area contributed by atoms with E-state index in [0.29, 0.717) is 5.56 Å². The van der Waals surface area contributed by atoms with E-state index in [1.165, 1.54) is 5.56 Å². The van der Waals surface area contributed by atoms with Crippen LogP contribution >= 0.6 is 11.3 Å². The lowest BCUT2D eigenvalue weighted by atomic mass is 10.0. The molecule has 0 saturated carbocycles. The predicted octanol–water partition coefficient (Wildman–Crippen LogP) is 4.06. The molecule has 3 N–H and O–H groups in total. The van der Waals surface area contributed by atoms with Gasteiger partial charge < -0.3 is 10.7 Å². The minimum atomic E-state index is -0.429. The Hall–Kier alpha value is -2.92. The van der Waals surface area contributed by atoms with Gasteiger partial charge in [0.1, 0.15) is 5.65 Å². The van der Waals surface area contributed by atoms with E-state index in [1.54, 1.807) is 29.7 Å². The normalized spacial score (nSPS) is 11.0. The van der Waals surface area contributed by atoms with Crippen molar-refractivity contribution >= 4 is 28.3 Å². The van der Waals surface area contributed by atoms with Crippen molar-refractivity contribution in [1.29, 1.82) is 0 Å². The maximum Gasteiger partial charge on any atom is 0.248 e. The number of nitrogens with zero attached hydrogens (tertiary/aromatic N) is 1. The minimum absolute atomic E-state index is 0.429. The monoisotopic (exact) mass is 319 g/mol. The Morgan fingerprint density at radius 1 is 1.13 bits per heavy atom. The predicted molar refractivity (Wildman–Crippen MR) is 93.4 cm³/mol. The summed E-state index contributed by atoms with van der Waals surface area (Å²) in [5.41, 5.74) is 10.9. The number of thiophene rings is 1. The van der Waals surface area contributed by atoms with Crippen LogP contribution in [-0.2, 0) is 0 Å². The van der Waals surface area contributed by atoms with Crippen LogP contribution in [-0.4, -0.2) is 15.9 Å². The van der Waals surface area contributed by atoms with Gasteiger partial charge in [-0.05, 0) is 46.2 Å². The highest BCUT2D eigenvalue weighted by atomic mass is 32.1. The Morgan fingerprint density at radius 2 is 2.04 bits per heavy atom. The number of carbonyl (C=O) groups excluding carboxylic acids is 1. The zero-order valence-electron chi connectivity index (χ0n) is 12.1. The number of amides is 1. The number of hydrogen-bond donors (Lipinski definition) is 2. The molecule has 0 unspecified atom stereocenters. The third kappa shape index (κ3) is 2.41. The molecule has 4 aromatic rings. The van der Waals surface area contributed by atoms with Gasteiger partial charge >= 0.3 is 0 Å². The van der Waals surface area contributed by atoms with Crippen molar-refractivity contribution in [3.05, 3.63) is 65.1 Å². The van der Waals surface area contributed by atoms with E-state index >= 15 is 0 Å². The van der Waals surface area contributed by atoms with Gasteiger partial charge in [0.25, 0.3) is 0 Å². The lowest BCUT2D eigenvalue weighted by Gasteiger charge is -2.04. The Balaban J connectivity index is 1.87. The molecule has 3 heterocycles. The summed E-state index contributed by atoms with van der Waals surface area (Å²) in [5, 5.41) is 5.23. The van der Waals surface area contributed by atoms with Crippen molar-refractivity contribution in [2.75, 3.05) is 0 Å². The number of primary amides is 1. The van der Waals surface area contributed by atoms with E-state index < -0.39 is 5.91 Å². The van der Waals surface area contributed by atoms with Crippen LogP contribution in [0.4, 0.5) is 0 Å². The Bertz CT molecular complexity index is 1000. The van der Waals surface area contributed by atoms with Crippen LogP contribution < -0.4 is 5.73 Å². The standard InChI is InChI=1S/C18H13N3OS/c19-17(22)12-3-1-2-11(6-12)14-7-15-16(13-4-5-23-10-13)9-21-18(15)20-8-14/h1-10H,(H2,19,22)(H,20,21). The number of nitrogens with two attached hydrogens (primary N) is 1. The second kappa shape index (κ2) is 5.37. The first kappa shape index (κ1) is 13.7. The minimum Gasteiger partial charge on any atom is -0.366 e. The first-order valence-corrected chi connectivity index (χ1v) is 8.06. The third-order valence-corrected chi connectivity index (χ3v) is 4.53. The highest BCUT2D eigenvalue weighted by Crippen LogP contribution is 2.32. The van der Waals surface area contributed by atoms with Crippen LogP contribution in [0, 0.1) is 0 Å². The number of fused-ring (bicyclic) bond motifs is 1. The smallest absolute Gasteiger partial charge is 0.248 e. The fourth-order valence-electron chi connectivity index (χ4n) is 2.67. The van der Waals surface area contributed by atoms with Crippen LogP contribution in [0.1, 0.15) is 10.4 Å². The van der Waals surface area contributed by atoms with E-state index in [4.69, 9.17) is 5.73 Å². The van der Waals surface area contributed by atoms with Gasteiger partial charge in [0.05, 0.1) is 0 Å². The van der Waals surface area contributed by atoms with Gasteiger partial charge in [-0.15, -0.1) is 0 Å². The number of nitrogens with one attached hydrogen (secondary N) is 1. The fourth-order valence-corrected chi connectivity index (χ4v) is 3.33. The number of rotatable bonds is 3. The van der Waals surface area contributed by atoms with Crippen molar-refractivity contribution in [2.24, 2.45) is 5.73 Å². The molecular weight excluding hydrogens is 306 g/mol. The summed E-state index contributed by atoms with van der Waals surface area (Å²) >= 11 is 1.67. The molecule has 23 heavy (non-hydrogen) atoms. The summed E-state index contributed by atoms with van der Waals surface area (Å²) in [6.45, 7) is 0. The van der Waals surface area contributed by atoms with Gasteiger partial charge in [-0.2, -0.15) is 11.3 Å².